The van der Waals surface area contributed by atoms with Crippen LogP contribution in [0.4, 0.5) is 0 Å². The standard InChI is InChI=1S/C9H16O2/c1-8-3-2-4-9(7-8)11-6-5-10/h5,8-9H,2-4,6-7H2,1H3. The predicted molar refractivity (Wildman–Crippen MR) is 43.4 cm³/mol. The number of carbonyl (C=O) groups is 1. The van der Waals surface area contributed by atoms with Crippen LogP contribution in [0.25, 0.3) is 0 Å². The molecule has 0 aromatic carbocycles. The fourth-order valence-corrected chi connectivity index (χ4v) is 1.71. The lowest BCUT2D eigenvalue weighted by atomic mass is 9.89. The van der Waals surface area contributed by atoms with Crippen LogP contribution in [0.5, 0.6) is 0 Å². The van der Waals surface area contributed by atoms with Gasteiger partial charge in [-0.15, -0.1) is 0 Å². The maximum atomic E-state index is 10.0. The van der Waals surface area contributed by atoms with Crippen molar-refractivity contribution in [1.82, 2.24) is 0 Å². The van der Waals surface area contributed by atoms with Crippen molar-refractivity contribution in [3.8, 4) is 0 Å². The summed E-state index contributed by atoms with van der Waals surface area (Å²) in [7, 11) is 0. The lowest BCUT2D eigenvalue weighted by Gasteiger charge is -2.25. The Balaban J connectivity index is 2.17. The van der Waals surface area contributed by atoms with E-state index in [9.17, 15) is 4.79 Å². The third-order valence-corrected chi connectivity index (χ3v) is 2.29. The molecule has 1 aliphatic rings. The topological polar surface area (TPSA) is 26.3 Å². The van der Waals surface area contributed by atoms with Gasteiger partial charge in [0.05, 0.1) is 6.10 Å². The molecule has 0 aliphatic heterocycles. The van der Waals surface area contributed by atoms with E-state index in [1.807, 2.05) is 0 Å². The molecule has 1 saturated carbocycles. The highest BCUT2D eigenvalue weighted by Gasteiger charge is 2.18. The van der Waals surface area contributed by atoms with Crippen molar-refractivity contribution in [2.75, 3.05) is 6.61 Å². The molecule has 0 heterocycles. The Hall–Kier alpha value is -0.370. The van der Waals surface area contributed by atoms with Gasteiger partial charge < -0.3 is 9.53 Å². The molecule has 2 nitrogen and oxygen atoms in total. The van der Waals surface area contributed by atoms with Gasteiger partial charge in [-0.05, 0) is 18.8 Å². The van der Waals surface area contributed by atoms with E-state index in [4.69, 9.17) is 4.74 Å². The summed E-state index contributed by atoms with van der Waals surface area (Å²) in [5, 5.41) is 0. The minimum absolute atomic E-state index is 0.275. The molecule has 2 heteroatoms. The number of carbonyl (C=O) groups excluding carboxylic acids is 1. The molecule has 0 saturated heterocycles. The molecule has 2 atom stereocenters. The maximum absolute atomic E-state index is 10.0. The summed E-state index contributed by atoms with van der Waals surface area (Å²) < 4.78 is 5.33. The third-order valence-electron chi connectivity index (χ3n) is 2.29. The zero-order chi connectivity index (χ0) is 8.10. The van der Waals surface area contributed by atoms with Crippen LogP contribution >= 0.6 is 0 Å². The van der Waals surface area contributed by atoms with Crippen molar-refractivity contribution >= 4 is 6.29 Å². The molecule has 64 valence electrons. The summed E-state index contributed by atoms with van der Waals surface area (Å²) in [6, 6.07) is 0. The van der Waals surface area contributed by atoms with E-state index in [-0.39, 0.29) is 6.61 Å². The molecule has 0 spiro atoms. The van der Waals surface area contributed by atoms with Gasteiger partial charge in [-0.2, -0.15) is 0 Å². The predicted octanol–water partition coefficient (Wildman–Crippen LogP) is 1.78. The average molecular weight is 156 g/mol. The van der Waals surface area contributed by atoms with Gasteiger partial charge in [-0.3, -0.25) is 0 Å². The minimum atomic E-state index is 0.275. The van der Waals surface area contributed by atoms with Crippen LogP contribution in [0.1, 0.15) is 32.6 Å². The zero-order valence-corrected chi connectivity index (χ0v) is 7.08. The van der Waals surface area contributed by atoms with Crippen LogP contribution in [0, 0.1) is 5.92 Å². The number of hydrogen-bond acceptors (Lipinski definition) is 2. The van der Waals surface area contributed by atoms with E-state index in [2.05, 4.69) is 6.92 Å². The number of rotatable bonds is 3. The molecule has 0 aromatic rings. The van der Waals surface area contributed by atoms with E-state index in [0.29, 0.717) is 6.10 Å². The Kier molecular flexibility index (Phi) is 3.57. The smallest absolute Gasteiger partial charge is 0.145 e. The molecule has 0 aromatic heterocycles. The van der Waals surface area contributed by atoms with Crippen LogP contribution in [0.3, 0.4) is 0 Å². The monoisotopic (exact) mass is 156 g/mol. The first-order valence-electron chi connectivity index (χ1n) is 4.38. The van der Waals surface area contributed by atoms with Crippen LogP contribution < -0.4 is 0 Å². The first kappa shape index (κ1) is 8.72. The highest BCUT2D eigenvalue weighted by Crippen LogP contribution is 2.25. The Morgan fingerprint density at radius 2 is 2.36 bits per heavy atom. The number of ether oxygens (including phenoxy) is 1. The van der Waals surface area contributed by atoms with E-state index in [1.54, 1.807) is 0 Å². The van der Waals surface area contributed by atoms with Gasteiger partial charge in [0.25, 0.3) is 0 Å². The Morgan fingerprint density at radius 3 is 3.00 bits per heavy atom. The third kappa shape index (κ3) is 3.02. The molecule has 1 aliphatic carbocycles. The SMILES string of the molecule is CC1CCCC(OCC=O)C1. The van der Waals surface area contributed by atoms with Crippen molar-refractivity contribution < 1.29 is 9.53 Å². The molecule has 0 radical (unpaired) electrons. The van der Waals surface area contributed by atoms with Crippen molar-refractivity contribution in [3.05, 3.63) is 0 Å². The van der Waals surface area contributed by atoms with E-state index in [1.165, 1.54) is 12.8 Å². The van der Waals surface area contributed by atoms with Gasteiger partial charge in [0, 0.05) is 0 Å². The second kappa shape index (κ2) is 4.50. The second-order valence-electron chi connectivity index (χ2n) is 3.39. The molecule has 11 heavy (non-hydrogen) atoms. The summed E-state index contributed by atoms with van der Waals surface area (Å²) in [6.45, 7) is 2.52. The number of hydrogen-bond donors (Lipinski definition) is 0. The summed E-state index contributed by atoms with van der Waals surface area (Å²) in [4.78, 5) is 10.0. The maximum Gasteiger partial charge on any atom is 0.145 e. The molecule has 1 fully saturated rings. The largest absolute Gasteiger partial charge is 0.371 e. The normalized spacial score (nSPS) is 31.7. The Labute approximate surface area is 67.9 Å². The van der Waals surface area contributed by atoms with Crippen LogP contribution in [-0.2, 0) is 9.53 Å². The summed E-state index contributed by atoms with van der Waals surface area (Å²) >= 11 is 0. The highest BCUT2D eigenvalue weighted by atomic mass is 16.5. The second-order valence-corrected chi connectivity index (χ2v) is 3.39. The van der Waals surface area contributed by atoms with Gasteiger partial charge >= 0.3 is 0 Å². The molecule has 0 amide bonds. The van der Waals surface area contributed by atoms with Gasteiger partial charge in [-0.1, -0.05) is 19.8 Å². The van der Waals surface area contributed by atoms with Crippen LogP contribution in [0.15, 0.2) is 0 Å². The Morgan fingerprint density at radius 1 is 1.55 bits per heavy atom. The molecule has 1 rings (SSSR count). The molecule has 0 N–H and O–H groups in total. The molecular weight excluding hydrogens is 140 g/mol. The first-order valence-corrected chi connectivity index (χ1v) is 4.38. The molecule has 0 bridgehead atoms. The lowest BCUT2D eigenvalue weighted by Crippen LogP contribution is -2.22. The van der Waals surface area contributed by atoms with E-state index < -0.39 is 0 Å². The van der Waals surface area contributed by atoms with Crippen molar-refractivity contribution in [1.29, 1.82) is 0 Å². The van der Waals surface area contributed by atoms with Crippen LogP contribution in [-0.4, -0.2) is 19.0 Å². The first-order chi connectivity index (χ1) is 5.33. The van der Waals surface area contributed by atoms with Crippen LogP contribution in [0.2, 0.25) is 0 Å². The van der Waals surface area contributed by atoms with Crippen molar-refractivity contribution in [2.24, 2.45) is 5.92 Å². The van der Waals surface area contributed by atoms with Gasteiger partial charge in [0.2, 0.25) is 0 Å². The average Bonchev–Trinajstić information content (AvgIpc) is 2.01. The quantitative estimate of drug-likeness (QED) is 0.582. The van der Waals surface area contributed by atoms with E-state index in [0.717, 1.165) is 25.0 Å². The highest BCUT2D eigenvalue weighted by molar-refractivity contribution is 5.50. The zero-order valence-electron chi connectivity index (χ0n) is 7.08. The van der Waals surface area contributed by atoms with Crippen molar-refractivity contribution in [2.45, 2.75) is 38.7 Å². The molecule has 2 unspecified atom stereocenters. The van der Waals surface area contributed by atoms with Gasteiger partial charge in [0.15, 0.2) is 0 Å². The Bertz CT molecular complexity index is 123. The van der Waals surface area contributed by atoms with Gasteiger partial charge in [-0.25, -0.2) is 0 Å². The van der Waals surface area contributed by atoms with E-state index >= 15 is 0 Å². The fourth-order valence-electron chi connectivity index (χ4n) is 1.71. The molecular formula is C9H16O2. The van der Waals surface area contributed by atoms with Crippen molar-refractivity contribution in [3.63, 3.8) is 0 Å². The fraction of sp³-hybridized carbons (Fsp3) is 0.889. The lowest BCUT2D eigenvalue weighted by molar-refractivity contribution is -0.114. The van der Waals surface area contributed by atoms with Gasteiger partial charge in [0.1, 0.15) is 12.9 Å². The summed E-state index contributed by atoms with van der Waals surface area (Å²) in [5.41, 5.74) is 0. The summed E-state index contributed by atoms with van der Waals surface area (Å²) in [6.07, 6.45) is 6.03. The minimum Gasteiger partial charge on any atom is -0.371 e. The summed E-state index contributed by atoms with van der Waals surface area (Å²) in [5.74, 6) is 0.778. The number of aldehydes is 1.